The van der Waals surface area contributed by atoms with Gasteiger partial charge in [0, 0.05) is 24.8 Å². The number of likely N-dealkylation sites (tertiary alicyclic amines) is 1. The van der Waals surface area contributed by atoms with Gasteiger partial charge < -0.3 is 14.9 Å². The Bertz CT molecular complexity index is 1110. The number of rotatable bonds is 4. The zero-order valence-electron chi connectivity index (χ0n) is 18.5. The predicted octanol–water partition coefficient (Wildman–Crippen LogP) is 2.38. The van der Waals surface area contributed by atoms with Crippen LogP contribution >= 0.6 is 0 Å². The van der Waals surface area contributed by atoms with Crippen LogP contribution in [0, 0.1) is 0 Å². The lowest BCUT2D eigenvalue weighted by Crippen LogP contribution is -2.67. The smallest absolute Gasteiger partial charge is 0.227 e. The summed E-state index contributed by atoms with van der Waals surface area (Å²) in [5.74, 6) is 0.267. The summed E-state index contributed by atoms with van der Waals surface area (Å²) in [7, 11) is 0.728. The minimum atomic E-state index is -3.26. The standard InChI is InChI=1S/C24H30N2O4S/c1-24-11-12-25(2)21(14-17-7-8-18(27)15-20(17)24)23(24)26(3)22(28)13-16-5-9-19(10-6-16)31(4,29)30/h5-10,15,21,23,27H,11-14H2,1-4H3/t21-,23+,24-/m1/s1. The average molecular weight is 443 g/mol. The highest BCUT2D eigenvalue weighted by atomic mass is 32.2. The summed E-state index contributed by atoms with van der Waals surface area (Å²) in [5, 5.41) is 10.1. The van der Waals surface area contributed by atoms with Crippen molar-refractivity contribution >= 4 is 15.7 Å². The number of fused-ring (bicyclic) bond motifs is 4. The van der Waals surface area contributed by atoms with Crippen LogP contribution < -0.4 is 0 Å². The molecule has 2 aromatic carbocycles. The largest absolute Gasteiger partial charge is 0.508 e. The highest BCUT2D eigenvalue weighted by Crippen LogP contribution is 2.47. The summed E-state index contributed by atoms with van der Waals surface area (Å²) in [6.45, 7) is 3.15. The van der Waals surface area contributed by atoms with Crippen molar-refractivity contribution in [1.82, 2.24) is 9.80 Å². The van der Waals surface area contributed by atoms with Crippen molar-refractivity contribution in [3.05, 3.63) is 59.2 Å². The molecule has 0 spiro atoms. The van der Waals surface area contributed by atoms with E-state index in [1.54, 1.807) is 30.3 Å². The van der Waals surface area contributed by atoms with Crippen molar-refractivity contribution in [2.45, 2.75) is 48.6 Å². The van der Waals surface area contributed by atoms with E-state index in [0.29, 0.717) is 0 Å². The van der Waals surface area contributed by atoms with Gasteiger partial charge in [-0.25, -0.2) is 8.42 Å². The molecule has 0 unspecified atom stereocenters. The normalized spacial score (nSPS) is 25.7. The Kier molecular flexibility index (Phi) is 5.38. The monoisotopic (exact) mass is 442 g/mol. The minimum Gasteiger partial charge on any atom is -0.508 e. The SMILES string of the molecule is CN1CC[C@]2(C)c3cc(O)ccc3C[C@@H]1[C@@H]2N(C)C(=O)Cc1ccc(S(C)(=O)=O)cc1. The Hall–Kier alpha value is -2.38. The molecular weight excluding hydrogens is 412 g/mol. The van der Waals surface area contributed by atoms with Crippen molar-refractivity contribution in [2.75, 3.05) is 26.9 Å². The van der Waals surface area contributed by atoms with E-state index in [4.69, 9.17) is 0 Å². The first-order chi connectivity index (χ1) is 14.5. The van der Waals surface area contributed by atoms with Gasteiger partial charge >= 0.3 is 0 Å². The highest BCUT2D eigenvalue weighted by molar-refractivity contribution is 7.90. The van der Waals surface area contributed by atoms with Crippen molar-refractivity contribution in [3.8, 4) is 5.75 Å². The second-order valence-electron chi connectivity index (χ2n) is 9.30. The van der Waals surface area contributed by atoms with Gasteiger partial charge in [-0.1, -0.05) is 25.1 Å². The number of likely N-dealkylation sites (N-methyl/N-ethyl adjacent to an activating group) is 2. The number of phenolic OH excluding ortho intramolecular Hbond substituents is 1. The number of phenols is 1. The highest BCUT2D eigenvalue weighted by Gasteiger charge is 2.52. The molecule has 0 radical (unpaired) electrons. The van der Waals surface area contributed by atoms with E-state index < -0.39 is 9.84 Å². The molecule has 2 aromatic rings. The third-order valence-electron chi connectivity index (χ3n) is 7.22. The van der Waals surface area contributed by atoms with Crippen LogP contribution in [0.25, 0.3) is 0 Å². The molecule has 1 saturated heterocycles. The second kappa shape index (κ2) is 7.64. The minimum absolute atomic E-state index is 0.00670. The Labute approximate surface area is 184 Å². The van der Waals surface area contributed by atoms with Crippen molar-refractivity contribution in [1.29, 1.82) is 0 Å². The van der Waals surface area contributed by atoms with Gasteiger partial charge in [0.05, 0.1) is 17.4 Å². The maximum atomic E-state index is 13.3. The van der Waals surface area contributed by atoms with E-state index in [2.05, 4.69) is 18.9 Å². The van der Waals surface area contributed by atoms with Gasteiger partial charge in [0.15, 0.2) is 9.84 Å². The summed E-state index contributed by atoms with van der Waals surface area (Å²) in [6, 6.07) is 12.4. The summed E-state index contributed by atoms with van der Waals surface area (Å²) >= 11 is 0. The van der Waals surface area contributed by atoms with E-state index in [1.807, 2.05) is 24.1 Å². The maximum Gasteiger partial charge on any atom is 0.227 e. The van der Waals surface area contributed by atoms with Crippen LogP contribution in [0.1, 0.15) is 30.0 Å². The third kappa shape index (κ3) is 3.85. The zero-order valence-corrected chi connectivity index (χ0v) is 19.3. The summed E-state index contributed by atoms with van der Waals surface area (Å²) in [4.78, 5) is 17.8. The number of carbonyl (C=O) groups is 1. The van der Waals surface area contributed by atoms with E-state index in [9.17, 15) is 18.3 Å². The Balaban J connectivity index is 1.62. The van der Waals surface area contributed by atoms with E-state index >= 15 is 0 Å². The fourth-order valence-electron chi connectivity index (χ4n) is 5.44. The first-order valence-corrected chi connectivity index (χ1v) is 12.5. The van der Waals surface area contributed by atoms with E-state index in [-0.39, 0.29) is 40.5 Å². The molecule has 1 heterocycles. The van der Waals surface area contributed by atoms with Crippen LogP contribution in [0.4, 0.5) is 0 Å². The number of aromatic hydroxyl groups is 1. The van der Waals surface area contributed by atoms with Crippen LogP contribution in [0.5, 0.6) is 5.75 Å². The Morgan fingerprint density at radius 2 is 1.90 bits per heavy atom. The van der Waals surface area contributed by atoms with Gasteiger partial charge in [-0.05, 0) is 67.4 Å². The molecule has 1 fully saturated rings. The molecule has 4 rings (SSSR count). The number of hydrogen-bond donors (Lipinski definition) is 1. The fourth-order valence-corrected chi connectivity index (χ4v) is 6.07. The van der Waals surface area contributed by atoms with Crippen LogP contribution in [-0.2, 0) is 32.9 Å². The molecule has 1 aliphatic heterocycles. The number of nitrogens with zero attached hydrogens (tertiary/aromatic N) is 2. The van der Waals surface area contributed by atoms with Gasteiger partial charge in [0.1, 0.15) is 5.75 Å². The first-order valence-electron chi connectivity index (χ1n) is 10.6. The quantitative estimate of drug-likeness (QED) is 0.787. The van der Waals surface area contributed by atoms with Crippen molar-refractivity contribution in [3.63, 3.8) is 0 Å². The molecule has 1 amide bonds. The topological polar surface area (TPSA) is 77.9 Å². The molecule has 2 bridgehead atoms. The van der Waals surface area contributed by atoms with E-state index in [1.165, 1.54) is 11.8 Å². The van der Waals surface area contributed by atoms with Gasteiger partial charge in [-0.2, -0.15) is 0 Å². The van der Waals surface area contributed by atoms with Crippen molar-refractivity contribution in [2.24, 2.45) is 0 Å². The predicted molar refractivity (Wildman–Crippen MR) is 120 cm³/mol. The molecular formula is C24H30N2O4S. The summed E-state index contributed by atoms with van der Waals surface area (Å²) < 4.78 is 23.4. The lowest BCUT2D eigenvalue weighted by atomic mass is 9.61. The second-order valence-corrected chi connectivity index (χ2v) is 11.3. The first kappa shape index (κ1) is 21.8. The fraction of sp³-hybridized carbons (Fsp3) is 0.458. The van der Waals surface area contributed by atoms with Crippen molar-refractivity contribution < 1.29 is 18.3 Å². The molecule has 2 aliphatic rings. The lowest BCUT2D eigenvalue weighted by molar-refractivity contribution is -0.136. The van der Waals surface area contributed by atoms with Crippen LogP contribution in [-0.4, -0.2) is 68.2 Å². The molecule has 0 aromatic heterocycles. The lowest BCUT2D eigenvalue weighted by Gasteiger charge is -2.57. The third-order valence-corrected chi connectivity index (χ3v) is 8.35. The van der Waals surface area contributed by atoms with Crippen LogP contribution in [0.3, 0.4) is 0 Å². The molecule has 7 heteroatoms. The van der Waals surface area contributed by atoms with Crippen LogP contribution in [0.2, 0.25) is 0 Å². The number of carbonyl (C=O) groups excluding carboxylic acids is 1. The number of piperidine rings is 1. The summed E-state index contributed by atoms with van der Waals surface area (Å²) in [5.41, 5.74) is 2.93. The van der Waals surface area contributed by atoms with Gasteiger partial charge in [0.2, 0.25) is 5.91 Å². The number of hydrogen-bond acceptors (Lipinski definition) is 5. The summed E-state index contributed by atoms with van der Waals surface area (Å²) in [6.07, 6.45) is 3.14. The Morgan fingerprint density at radius 1 is 1.23 bits per heavy atom. The molecule has 3 atom stereocenters. The number of benzene rings is 2. The molecule has 1 N–H and O–H groups in total. The van der Waals surface area contributed by atoms with Gasteiger partial charge in [-0.3, -0.25) is 4.79 Å². The number of sulfone groups is 1. The zero-order chi connectivity index (χ0) is 22.6. The molecule has 166 valence electrons. The van der Waals surface area contributed by atoms with E-state index in [0.717, 1.165) is 30.5 Å². The maximum absolute atomic E-state index is 13.3. The Morgan fingerprint density at radius 3 is 2.55 bits per heavy atom. The van der Waals surface area contributed by atoms with Gasteiger partial charge in [0.25, 0.3) is 0 Å². The molecule has 1 aliphatic carbocycles. The van der Waals surface area contributed by atoms with Crippen LogP contribution in [0.15, 0.2) is 47.4 Å². The molecule has 31 heavy (non-hydrogen) atoms. The molecule has 0 saturated carbocycles. The number of amides is 1. The molecule has 6 nitrogen and oxygen atoms in total. The average Bonchev–Trinajstić information content (AvgIpc) is 2.71. The van der Waals surface area contributed by atoms with Gasteiger partial charge in [-0.15, -0.1) is 0 Å².